The third kappa shape index (κ3) is 3.19. The van der Waals surface area contributed by atoms with Crippen LogP contribution in [0.15, 0.2) is 18.2 Å². The number of nitrogens with one attached hydrogen (secondary N) is 1. The Labute approximate surface area is 105 Å². The molecule has 1 fully saturated rings. The second kappa shape index (κ2) is 5.03. The van der Waals surface area contributed by atoms with Crippen molar-refractivity contribution in [2.45, 2.75) is 18.9 Å². The molecule has 0 saturated heterocycles. The second-order valence-corrected chi connectivity index (χ2v) is 4.38. The van der Waals surface area contributed by atoms with E-state index in [-0.39, 0.29) is 18.1 Å². The normalized spacial score (nSPS) is 14.1. The molecule has 0 spiro atoms. The number of pyridine rings is 1. The molecule has 1 saturated carbocycles. The first kappa shape index (κ1) is 12.3. The number of carboxylic acid groups (broad SMARTS) is 1. The first-order valence-corrected chi connectivity index (χ1v) is 5.77. The lowest BCUT2D eigenvalue weighted by Gasteiger charge is -2.17. The number of nitrogens with zero attached hydrogens (tertiary/aromatic N) is 2. The van der Waals surface area contributed by atoms with Gasteiger partial charge in [0.05, 0.1) is 6.54 Å². The zero-order chi connectivity index (χ0) is 13.1. The first-order valence-electron chi connectivity index (χ1n) is 5.77. The molecule has 0 bridgehead atoms. The van der Waals surface area contributed by atoms with E-state index in [2.05, 4.69) is 10.3 Å². The van der Waals surface area contributed by atoms with E-state index in [0.717, 1.165) is 12.8 Å². The van der Waals surface area contributed by atoms with Crippen molar-refractivity contribution in [1.82, 2.24) is 10.3 Å². The molecule has 1 heterocycles. The Kier molecular flexibility index (Phi) is 3.45. The predicted molar refractivity (Wildman–Crippen MR) is 65.6 cm³/mol. The summed E-state index contributed by atoms with van der Waals surface area (Å²) in [4.78, 5) is 28.0. The molecule has 1 amide bonds. The lowest BCUT2D eigenvalue weighted by Crippen LogP contribution is -2.36. The summed E-state index contributed by atoms with van der Waals surface area (Å²) in [6.07, 6.45) is 2.09. The predicted octanol–water partition coefficient (Wildman–Crippen LogP) is 0.495. The summed E-state index contributed by atoms with van der Waals surface area (Å²) in [5.74, 6) is -0.670. The van der Waals surface area contributed by atoms with E-state index in [1.165, 1.54) is 6.07 Å². The van der Waals surface area contributed by atoms with Crippen molar-refractivity contribution >= 4 is 17.7 Å². The van der Waals surface area contributed by atoms with Gasteiger partial charge in [-0.1, -0.05) is 6.07 Å². The van der Waals surface area contributed by atoms with Crippen LogP contribution in [-0.2, 0) is 4.79 Å². The summed E-state index contributed by atoms with van der Waals surface area (Å²) in [6, 6.07) is 5.03. The second-order valence-electron chi connectivity index (χ2n) is 4.38. The van der Waals surface area contributed by atoms with Gasteiger partial charge in [0, 0.05) is 13.1 Å². The van der Waals surface area contributed by atoms with Crippen molar-refractivity contribution in [3.05, 3.63) is 23.9 Å². The van der Waals surface area contributed by atoms with E-state index in [0.29, 0.717) is 11.9 Å². The van der Waals surface area contributed by atoms with Gasteiger partial charge in [-0.2, -0.15) is 0 Å². The fourth-order valence-corrected chi connectivity index (χ4v) is 1.55. The number of carbonyl (C=O) groups is 2. The zero-order valence-electron chi connectivity index (χ0n) is 10.1. The quantitative estimate of drug-likeness (QED) is 0.793. The average molecular weight is 249 g/mol. The number of amides is 1. The molecule has 0 aromatic carbocycles. The highest BCUT2D eigenvalue weighted by Gasteiger charge is 2.23. The summed E-state index contributed by atoms with van der Waals surface area (Å²) < 4.78 is 0. The average Bonchev–Trinajstić information content (AvgIpc) is 3.12. The molecular weight excluding hydrogens is 234 g/mol. The summed E-state index contributed by atoms with van der Waals surface area (Å²) in [6.45, 7) is 0.173. The third-order valence-electron chi connectivity index (χ3n) is 2.67. The van der Waals surface area contributed by atoms with Crippen molar-refractivity contribution in [2.75, 3.05) is 18.5 Å². The maximum absolute atomic E-state index is 11.6. The molecule has 0 aliphatic heterocycles. The van der Waals surface area contributed by atoms with Crippen LogP contribution >= 0.6 is 0 Å². The minimum absolute atomic E-state index is 0.0260. The summed E-state index contributed by atoms with van der Waals surface area (Å²) in [5.41, 5.74) is -0.0260. The Morgan fingerprint density at radius 2 is 2.22 bits per heavy atom. The van der Waals surface area contributed by atoms with Crippen LogP contribution in [-0.4, -0.2) is 41.6 Å². The van der Waals surface area contributed by atoms with Crippen molar-refractivity contribution in [1.29, 1.82) is 0 Å². The summed E-state index contributed by atoms with van der Waals surface area (Å²) >= 11 is 0. The number of anilines is 1. The monoisotopic (exact) mass is 249 g/mol. The van der Waals surface area contributed by atoms with E-state index in [1.807, 2.05) is 0 Å². The first-order chi connectivity index (χ1) is 8.56. The largest absolute Gasteiger partial charge is 0.477 e. The highest BCUT2D eigenvalue weighted by molar-refractivity contribution is 5.86. The van der Waals surface area contributed by atoms with Gasteiger partial charge in [0.25, 0.3) is 0 Å². The van der Waals surface area contributed by atoms with Gasteiger partial charge in [0.15, 0.2) is 5.69 Å². The highest BCUT2D eigenvalue weighted by atomic mass is 16.4. The summed E-state index contributed by atoms with van der Waals surface area (Å²) in [7, 11) is 1.71. The van der Waals surface area contributed by atoms with Gasteiger partial charge in [0.1, 0.15) is 5.82 Å². The van der Waals surface area contributed by atoms with Crippen LogP contribution in [0.25, 0.3) is 0 Å². The molecule has 1 aromatic heterocycles. The van der Waals surface area contributed by atoms with Crippen molar-refractivity contribution in [3.63, 3.8) is 0 Å². The van der Waals surface area contributed by atoms with Crippen molar-refractivity contribution in [2.24, 2.45) is 0 Å². The van der Waals surface area contributed by atoms with Gasteiger partial charge in [0.2, 0.25) is 5.91 Å². The minimum atomic E-state index is -1.08. The molecule has 1 aliphatic carbocycles. The molecule has 6 nitrogen and oxygen atoms in total. The maximum Gasteiger partial charge on any atom is 0.354 e. The SMILES string of the molecule is CN(CC(=O)NC1CC1)c1cccc(C(=O)O)n1. The minimum Gasteiger partial charge on any atom is -0.477 e. The molecule has 0 unspecified atom stereocenters. The molecule has 2 rings (SSSR count). The number of hydrogen-bond donors (Lipinski definition) is 2. The van der Waals surface area contributed by atoms with Crippen molar-refractivity contribution in [3.8, 4) is 0 Å². The lowest BCUT2D eigenvalue weighted by molar-refractivity contribution is -0.119. The van der Waals surface area contributed by atoms with Gasteiger partial charge >= 0.3 is 5.97 Å². The van der Waals surface area contributed by atoms with Crippen LogP contribution in [0.1, 0.15) is 23.3 Å². The van der Waals surface area contributed by atoms with Crippen LogP contribution in [0, 0.1) is 0 Å². The molecular formula is C12H15N3O3. The third-order valence-corrected chi connectivity index (χ3v) is 2.67. The summed E-state index contributed by atoms with van der Waals surface area (Å²) in [5, 5.41) is 11.7. The smallest absolute Gasteiger partial charge is 0.354 e. The van der Waals surface area contributed by atoms with E-state index in [9.17, 15) is 9.59 Å². The Morgan fingerprint density at radius 1 is 1.50 bits per heavy atom. The molecule has 1 aliphatic rings. The van der Waals surface area contributed by atoms with E-state index >= 15 is 0 Å². The highest BCUT2D eigenvalue weighted by Crippen LogP contribution is 2.18. The zero-order valence-corrected chi connectivity index (χ0v) is 10.1. The number of carbonyl (C=O) groups excluding carboxylic acids is 1. The van der Waals surface area contributed by atoms with E-state index in [1.54, 1.807) is 24.1 Å². The maximum atomic E-state index is 11.6. The van der Waals surface area contributed by atoms with Gasteiger partial charge in [-0.25, -0.2) is 9.78 Å². The molecule has 1 aromatic rings. The van der Waals surface area contributed by atoms with E-state index < -0.39 is 5.97 Å². The van der Waals surface area contributed by atoms with Crippen LogP contribution in [0.4, 0.5) is 5.82 Å². The number of rotatable bonds is 5. The number of likely N-dealkylation sites (N-methyl/N-ethyl adjacent to an activating group) is 1. The molecule has 96 valence electrons. The molecule has 0 radical (unpaired) electrons. The molecule has 18 heavy (non-hydrogen) atoms. The number of aromatic nitrogens is 1. The topological polar surface area (TPSA) is 82.5 Å². The van der Waals surface area contributed by atoms with Gasteiger partial charge in [-0.3, -0.25) is 4.79 Å². The van der Waals surface area contributed by atoms with Crippen LogP contribution in [0.2, 0.25) is 0 Å². The molecule has 6 heteroatoms. The number of aromatic carboxylic acids is 1. The standard InChI is InChI=1S/C12H15N3O3/c1-15(7-11(16)13-8-5-6-8)10-4-2-3-9(14-10)12(17)18/h2-4,8H,5-7H2,1H3,(H,13,16)(H,17,18). The Morgan fingerprint density at radius 3 is 2.83 bits per heavy atom. The van der Waals surface area contributed by atoms with Crippen LogP contribution in [0.3, 0.4) is 0 Å². The Balaban J connectivity index is 1.98. The fraction of sp³-hybridized carbons (Fsp3) is 0.417. The Hall–Kier alpha value is -2.11. The number of hydrogen-bond acceptors (Lipinski definition) is 4. The van der Waals surface area contributed by atoms with Crippen LogP contribution in [0.5, 0.6) is 0 Å². The van der Waals surface area contributed by atoms with Gasteiger partial charge in [-0.05, 0) is 25.0 Å². The van der Waals surface area contributed by atoms with Crippen molar-refractivity contribution < 1.29 is 14.7 Å². The fourth-order valence-electron chi connectivity index (χ4n) is 1.55. The molecule has 2 N–H and O–H groups in total. The Bertz CT molecular complexity index is 471. The van der Waals surface area contributed by atoms with Gasteiger partial charge < -0.3 is 15.3 Å². The molecule has 0 atom stereocenters. The van der Waals surface area contributed by atoms with E-state index in [4.69, 9.17) is 5.11 Å². The van der Waals surface area contributed by atoms with Gasteiger partial charge in [-0.15, -0.1) is 0 Å². The van der Waals surface area contributed by atoms with Crippen LogP contribution < -0.4 is 10.2 Å². The number of carboxylic acids is 1. The lowest BCUT2D eigenvalue weighted by atomic mass is 10.3.